The molecule has 0 saturated heterocycles. The molecule has 2 aromatic heterocycles. The van der Waals surface area contributed by atoms with Crippen molar-refractivity contribution in [2.45, 2.75) is 52.4 Å². The largest absolute Gasteiger partial charge is 0.360 e. The van der Waals surface area contributed by atoms with E-state index in [4.69, 9.17) is 8.83 Å². The molecular formula is C40H36O2+2. The standard InChI is InChI=1S/C40H36O2/c1-39(2,3)29-13-7-25(8-14-29)37-21-27-11-17-31-32-18-12-28-22-38(26-9-15-30(16-10-26)40(4,5)6)42-24-36(28)34(32)20-19-33(31)35(27)23-41-37/h7-24H,1-6H3/q+2. The van der Waals surface area contributed by atoms with E-state index in [2.05, 4.69) is 139 Å². The van der Waals surface area contributed by atoms with Crippen molar-refractivity contribution in [2.75, 3.05) is 0 Å². The van der Waals surface area contributed by atoms with Gasteiger partial charge in [-0.1, -0.05) is 102 Å². The van der Waals surface area contributed by atoms with E-state index in [1.54, 1.807) is 0 Å². The molecule has 0 bridgehead atoms. The molecule has 42 heavy (non-hydrogen) atoms. The average molecular weight is 549 g/mol. The molecule has 0 N–H and O–H groups in total. The van der Waals surface area contributed by atoms with Gasteiger partial charge < -0.3 is 0 Å². The van der Waals surface area contributed by atoms with Gasteiger partial charge >= 0.3 is 24.0 Å². The lowest BCUT2D eigenvalue weighted by Gasteiger charge is -2.18. The molecule has 0 saturated carbocycles. The molecule has 0 radical (unpaired) electrons. The summed E-state index contributed by atoms with van der Waals surface area (Å²) < 4.78 is 12.4. The lowest BCUT2D eigenvalue weighted by Crippen LogP contribution is -2.10. The monoisotopic (exact) mass is 548 g/mol. The van der Waals surface area contributed by atoms with Gasteiger partial charge in [0.05, 0.1) is 34.0 Å². The molecule has 0 aliphatic rings. The van der Waals surface area contributed by atoms with Crippen LogP contribution in [0, 0.1) is 0 Å². The minimum atomic E-state index is 0.126. The topological polar surface area (TPSA) is 22.6 Å². The van der Waals surface area contributed by atoms with Crippen molar-refractivity contribution in [3.63, 3.8) is 0 Å². The molecule has 206 valence electrons. The van der Waals surface area contributed by atoms with Crippen LogP contribution in [0.5, 0.6) is 0 Å². The van der Waals surface area contributed by atoms with Gasteiger partial charge in [-0.25, -0.2) is 8.83 Å². The molecule has 0 atom stereocenters. The second-order valence-corrected chi connectivity index (χ2v) is 13.5. The van der Waals surface area contributed by atoms with Crippen LogP contribution in [0.15, 0.2) is 118 Å². The number of benzene rings is 5. The van der Waals surface area contributed by atoms with E-state index < -0.39 is 0 Å². The lowest BCUT2D eigenvalue weighted by atomic mass is 9.86. The number of hydrogen-bond acceptors (Lipinski definition) is 0. The first-order valence-corrected chi connectivity index (χ1v) is 14.7. The normalized spacial score (nSPS) is 12.5. The average Bonchev–Trinajstić information content (AvgIpc) is 2.99. The molecule has 0 aliphatic carbocycles. The molecule has 2 nitrogen and oxygen atoms in total. The van der Waals surface area contributed by atoms with Gasteiger partial charge in [0, 0.05) is 10.8 Å². The van der Waals surface area contributed by atoms with E-state index in [0.29, 0.717) is 0 Å². The van der Waals surface area contributed by atoms with Gasteiger partial charge in [0.2, 0.25) is 0 Å². The fourth-order valence-electron chi connectivity index (χ4n) is 5.98. The van der Waals surface area contributed by atoms with Crippen molar-refractivity contribution in [1.82, 2.24) is 0 Å². The maximum Gasteiger partial charge on any atom is 0.360 e. The zero-order chi connectivity index (χ0) is 29.2. The van der Waals surface area contributed by atoms with E-state index >= 15 is 0 Å². The van der Waals surface area contributed by atoms with Crippen LogP contribution in [0.4, 0.5) is 0 Å². The van der Waals surface area contributed by atoms with Gasteiger partial charge in [-0.15, -0.1) is 0 Å². The second-order valence-electron chi connectivity index (χ2n) is 13.5. The van der Waals surface area contributed by atoms with Crippen molar-refractivity contribution in [2.24, 2.45) is 0 Å². The molecular weight excluding hydrogens is 512 g/mol. The van der Waals surface area contributed by atoms with Crippen LogP contribution in [0.2, 0.25) is 0 Å². The second kappa shape index (κ2) is 9.49. The van der Waals surface area contributed by atoms with Crippen molar-refractivity contribution in [3.05, 3.63) is 121 Å². The van der Waals surface area contributed by atoms with E-state index in [-0.39, 0.29) is 10.8 Å². The van der Waals surface area contributed by atoms with Crippen molar-refractivity contribution in [3.8, 4) is 22.6 Å². The van der Waals surface area contributed by atoms with E-state index in [1.165, 1.54) is 43.4 Å². The highest BCUT2D eigenvalue weighted by molar-refractivity contribution is 6.22. The predicted octanol–water partition coefficient (Wildman–Crippen LogP) is 12.0. The number of hydrogen-bond donors (Lipinski definition) is 0. The number of rotatable bonds is 2. The summed E-state index contributed by atoms with van der Waals surface area (Å²) in [5.41, 5.74) is 5.06. The first kappa shape index (κ1) is 26.3. The first-order valence-electron chi connectivity index (χ1n) is 14.7. The highest BCUT2D eigenvalue weighted by Gasteiger charge is 2.20. The minimum absolute atomic E-state index is 0.126. The maximum atomic E-state index is 6.21. The van der Waals surface area contributed by atoms with Gasteiger partial charge in [-0.3, -0.25) is 0 Å². The van der Waals surface area contributed by atoms with Crippen LogP contribution in [0.25, 0.3) is 65.7 Å². The van der Waals surface area contributed by atoms with Gasteiger partial charge in [0.25, 0.3) is 0 Å². The molecule has 0 unspecified atom stereocenters. The molecule has 2 heteroatoms. The van der Waals surface area contributed by atoms with Crippen LogP contribution < -0.4 is 0 Å². The summed E-state index contributed by atoms with van der Waals surface area (Å²) in [5.74, 6) is 1.75. The zero-order valence-corrected chi connectivity index (χ0v) is 25.2. The predicted molar refractivity (Wildman–Crippen MR) is 178 cm³/mol. The highest BCUT2D eigenvalue weighted by atomic mass is 16.3. The summed E-state index contributed by atoms with van der Waals surface area (Å²) in [4.78, 5) is 0. The third-order valence-corrected chi connectivity index (χ3v) is 8.60. The lowest BCUT2D eigenvalue weighted by molar-refractivity contribution is 0.572. The summed E-state index contributed by atoms with van der Waals surface area (Å²) >= 11 is 0. The maximum absolute atomic E-state index is 6.21. The van der Waals surface area contributed by atoms with Crippen LogP contribution in [-0.4, -0.2) is 0 Å². The minimum Gasteiger partial charge on any atom is -0.215 e. The van der Waals surface area contributed by atoms with Gasteiger partial charge in [-0.2, -0.15) is 0 Å². The Bertz CT molecular complexity index is 1970. The quantitative estimate of drug-likeness (QED) is 0.158. The third kappa shape index (κ3) is 4.52. The van der Waals surface area contributed by atoms with Crippen LogP contribution in [0.1, 0.15) is 52.7 Å². The van der Waals surface area contributed by atoms with E-state index in [0.717, 1.165) is 33.4 Å². The Kier molecular flexibility index (Phi) is 5.95. The Morgan fingerprint density at radius 2 is 0.714 bits per heavy atom. The smallest absolute Gasteiger partial charge is 0.215 e. The fraction of sp³-hybridized carbons (Fsp3) is 0.200. The van der Waals surface area contributed by atoms with Crippen LogP contribution >= 0.6 is 0 Å². The molecule has 0 aliphatic heterocycles. The van der Waals surface area contributed by atoms with Crippen molar-refractivity contribution >= 4 is 43.1 Å². The van der Waals surface area contributed by atoms with E-state index in [1.807, 2.05) is 12.5 Å². The van der Waals surface area contributed by atoms with Crippen molar-refractivity contribution in [1.29, 1.82) is 0 Å². The number of fused-ring (bicyclic) bond motifs is 7. The van der Waals surface area contributed by atoms with Gasteiger partial charge in [0.1, 0.15) is 0 Å². The summed E-state index contributed by atoms with van der Waals surface area (Å²) in [7, 11) is 0. The van der Waals surface area contributed by atoms with Crippen molar-refractivity contribution < 1.29 is 8.83 Å². The van der Waals surface area contributed by atoms with Crippen LogP contribution in [-0.2, 0) is 10.8 Å². The Morgan fingerprint density at radius 1 is 0.381 bits per heavy atom. The molecule has 7 rings (SSSR count). The highest BCUT2D eigenvalue weighted by Crippen LogP contribution is 2.37. The first-order chi connectivity index (χ1) is 20.1. The van der Waals surface area contributed by atoms with E-state index in [9.17, 15) is 0 Å². The summed E-state index contributed by atoms with van der Waals surface area (Å²) in [6, 6.07) is 35.0. The summed E-state index contributed by atoms with van der Waals surface area (Å²) in [5, 5.41) is 9.35. The summed E-state index contributed by atoms with van der Waals surface area (Å²) in [6.45, 7) is 13.4. The molecule has 0 spiro atoms. The molecule has 5 aromatic carbocycles. The Morgan fingerprint density at radius 3 is 1.07 bits per heavy atom. The van der Waals surface area contributed by atoms with Gasteiger partial charge in [0.15, 0.2) is 0 Å². The Balaban J connectivity index is 1.28. The Labute approximate surface area is 247 Å². The van der Waals surface area contributed by atoms with Gasteiger partial charge in [-0.05, 0) is 67.8 Å². The summed E-state index contributed by atoms with van der Waals surface area (Å²) in [6.07, 6.45) is 3.81. The molecule has 0 fully saturated rings. The molecule has 0 amide bonds. The zero-order valence-electron chi connectivity index (χ0n) is 25.2. The SMILES string of the molecule is CC(C)(C)c1ccc(-c2cc3ccc4c(ccc5c6c[o+]c(-c7ccc(C(C)(C)C)cc7)cc6ccc54)c3c[o+]2)cc1. The van der Waals surface area contributed by atoms with Crippen LogP contribution in [0.3, 0.4) is 0 Å². The third-order valence-electron chi connectivity index (χ3n) is 8.60. The Hall–Kier alpha value is -4.56. The molecule has 7 aromatic rings. The fourth-order valence-corrected chi connectivity index (χ4v) is 5.98. The molecule has 2 heterocycles.